The van der Waals surface area contributed by atoms with Gasteiger partial charge in [0.25, 0.3) is 0 Å². The molecule has 7 aromatic rings. The van der Waals surface area contributed by atoms with Crippen molar-refractivity contribution >= 4 is 21.8 Å². The van der Waals surface area contributed by atoms with E-state index in [1.54, 1.807) is 0 Å². The summed E-state index contributed by atoms with van der Waals surface area (Å²) >= 11 is 0. The van der Waals surface area contributed by atoms with E-state index in [1.165, 1.54) is 33.2 Å². The van der Waals surface area contributed by atoms with Crippen LogP contribution >= 0.6 is 0 Å². The molecule has 0 atom stereocenters. The third kappa shape index (κ3) is 4.34. The molecule has 5 nitrogen and oxygen atoms in total. The summed E-state index contributed by atoms with van der Waals surface area (Å²) in [4.78, 5) is 4.70. The van der Waals surface area contributed by atoms with Crippen LogP contribution in [0.2, 0.25) is 0 Å². The quantitative estimate of drug-likeness (QED) is 0.215. The molecule has 42 heavy (non-hydrogen) atoms. The Labute approximate surface area is 245 Å². The number of hydrogen-bond donors (Lipinski definition) is 0. The maximum absolute atomic E-state index is 6.47. The number of nitrogens with zero attached hydrogens (tertiary/aromatic N) is 4. The Morgan fingerprint density at radius 3 is 2.29 bits per heavy atom. The maximum Gasteiger partial charge on any atom is 0.137 e. The van der Waals surface area contributed by atoms with Crippen LogP contribution in [-0.2, 0) is 0 Å². The van der Waals surface area contributed by atoms with E-state index in [1.807, 2.05) is 41.2 Å². The van der Waals surface area contributed by atoms with Gasteiger partial charge in [-0.25, -0.2) is 9.67 Å². The number of aromatic nitrogens is 4. The van der Waals surface area contributed by atoms with Crippen molar-refractivity contribution in [2.24, 2.45) is 0 Å². The smallest absolute Gasteiger partial charge is 0.137 e. The van der Waals surface area contributed by atoms with Gasteiger partial charge in [-0.05, 0) is 99.3 Å². The summed E-state index contributed by atoms with van der Waals surface area (Å²) in [7, 11) is 0. The third-order valence-electron chi connectivity index (χ3n) is 8.16. The SMILES string of the molecule is Cc1ccnc(-n2c3ccccc3c3ccc(Oc4cccc(-n5nc(C)c(-c6ccc(C)c(C)c6)c5C)c4)cc32)c1. The summed E-state index contributed by atoms with van der Waals surface area (Å²) in [5.74, 6) is 2.41. The lowest BCUT2D eigenvalue weighted by Crippen LogP contribution is -2.00. The predicted octanol–water partition coefficient (Wildman–Crippen LogP) is 9.37. The van der Waals surface area contributed by atoms with Crippen LogP contribution < -0.4 is 4.74 Å². The van der Waals surface area contributed by atoms with Crippen molar-refractivity contribution in [2.45, 2.75) is 34.6 Å². The van der Waals surface area contributed by atoms with Crippen LogP contribution in [0.3, 0.4) is 0 Å². The Morgan fingerprint density at radius 2 is 1.45 bits per heavy atom. The van der Waals surface area contributed by atoms with Crippen molar-refractivity contribution in [3.63, 3.8) is 0 Å². The fourth-order valence-corrected chi connectivity index (χ4v) is 5.93. The van der Waals surface area contributed by atoms with E-state index < -0.39 is 0 Å². The molecule has 0 fully saturated rings. The second-order valence-corrected chi connectivity index (χ2v) is 11.1. The zero-order valence-corrected chi connectivity index (χ0v) is 24.5. The average Bonchev–Trinajstić information content (AvgIpc) is 3.47. The fraction of sp³-hybridized carbons (Fsp3) is 0.135. The van der Waals surface area contributed by atoms with Crippen molar-refractivity contribution in [1.29, 1.82) is 0 Å². The Morgan fingerprint density at radius 1 is 0.643 bits per heavy atom. The molecule has 0 aliphatic carbocycles. The Kier molecular flexibility index (Phi) is 6.16. The van der Waals surface area contributed by atoms with Crippen LogP contribution in [0.5, 0.6) is 11.5 Å². The largest absolute Gasteiger partial charge is 0.457 e. The molecule has 5 heteroatoms. The monoisotopic (exact) mass is 548 g/mol. The highest BCUT2D eigenvalue weighted by Gasteiger charge is 2.17. The molecule has 0 N–H and O–H groups in total. The van der Waals surface area contributed by atoms with E-state index in [0.29, 0.717) is 0 Å². The zero-order valence-electron chi connectivity index (χ0n) is 24.5. The molecule has 7 rings (SSSR count). The summed E-state index contributed by atoms with van der Waals surface area (Å²) in [5.41, 5.74) is 11.3. The van der Waals surface area contributed by atoms with Gasteiger partial charge in [0, 0.05) is 40.4 Å². The van der Waals surface area contributed by atoms with Gasteiger partial charge in [-0.1, -0.05) is 42.5 Å². The number of para-hydroxylation sites is 1. The van der Waals surface area contributed by atoms with Crippen molar-refractivity contribution in [3.05, 3.63) is 131 Å². The minimum absolute atomic E-state index is 0.753. The van der Waals surface area contributed by atoms with Gasteiger partial charge in [0.2, 0.25) is 0 Å². The first-order chi connectivity index (χ1) is 20.4. The number of hydrogen-bond acceptors (Lipinski definition) is 3. The highest BCUT2D eigenvalue weighted by atomic mass is 16.5. The molecule has 3 heterocycles. The van der Waals surface area contributed by atoms with Gasteiger partial charge >= 0.3 is 0 Å². The molecule has 4 aromatic carbocycles. The lowest BCUT2D eigenvalue weighted by molar-refractivity contribution is 0.483. The molecule has 0 spiro atoms. The summed E-state index contributed by atoms with van der Waals surface area (Å²) in [5, 5.41) is 7.28. The van der Waals surface area contributed by atoms with Crippen molar-refractivity contribution in [3.8, 4) is 34.1 Å². The minimum Gasteiger partial charge on any atom is -0.457 e. The summed E-state index contributed by atoms with van der Waals surface area (Å²) in [6, 6.07) is 33.6. The van der Waals surface area contributed by atoms with E-state index in [-0.39, 0.29) is 0 Å². The number of rotatable bonds is 5. The molecule has 0 radical (unpaired) electrons. The summed E-state index contributed by atoms with van der Waals surface area (Å²) < 4.78 is 10.7. The standard InChI is InChI=1S/C37H32N4O/c1-23-17-18-38-36(19-23)40-34-12-7-6-11-32(34)33-16-15-31(22-35(33)40)42-30-10-8-9-29(21-30)41-27(5)37(26(4)39-41)28-14-13-24(2)25(3)20-28/h6-22H,1-5H3. The molecular weight excluding hydrogens is 516 g/mol. The van der Waals surface area contributed by atoms with Gasteiger partial charge in [0.05, 0.1) is 22.4 Å². The van der Waals surface area contributed by atoms with Gasteiger partial charge in [-0.3, -0.25) is 4.57 Å². The average molecular weight is 549 g/mol. The first-order valence-corrected chi connectivity index (χ1v) is 14.3. The van der Waals surface area contributed by atoms with Gasteiger partial charge in [-0.2, -0.15) is 5.10 Å². The molecule has 206 valence electrons. The number of fused-ring (bicyclic) bond motifs is 3. The van der Waals surface area contributed by atoms with Gasteiger partial charge in [0.1, 0.15) is 17.3 Å². The van der Waals surface area contributed by atoms with E-state index >= 15 is 0 Å². The van der Waals surface area contributed by atoms with Gasteiger partial charge in [-0.15, -0.1) is 0 Å². The zero-order chi connectivity index (χ0) is 29.0. The van der Waals surface area contributed by atoms with Crippen LogP contribution in [0.25, 0.3) is 44.4 Å². The van der Waals surface area contributed by atoms with Crippen LogP contribution in [0.1, 0.15) is 28.1 Å². The van der Waals surface area contributed by atoms with Crippen LogP contribution in [0.4, 0.5) is 0 Å². The molecule has 3 aromatic heterocycles. The van der Waals surface area contributed by atoms with Crippen LogP contribution in [0, 0.1) is 34.6 Å². The molecule has 0 aliphatic heterocycles. The fourth-order valence-electron chi connectivity index (χ4n) is 5.93. The first kappa shape index (κ1) is 25.8. The molecule has 0 aliphatic rings. The lowest BCUT2D eigenvalue weighted by Gasteiger charge is -2.11. The van der Waals surface area contributed by atoms with E-state index in [4.69, 9.17) is 14.8 Å². The molecular formula is C37H32N4O. The predicted molar refractivity (Wildman–Crippen MR) is 171 cm³/mol. The molecule has 0 bridgehead atoms. The number of benzene rings is 4. The second-order valence-electron chi connectivity index (χ2n) is 11.1. The lowest BCUT2D eigenvalue weighted by atomic mass is 9.99. The highest BCUT2D eigenvalue weighted by Crippen LogP contribution is 2.36. The number of ether oxygens (including phenoxy) is 1. The minimum atomic E-state index is 0.753. The molecule has 0 amide bonds. The first-order valence-electron chi connectivity index (χ1n) is 14.3. The van der Waals surface area contributed by atoms with Crippen LogP contribution in [-0.4, -0.2) is 19.3 Å². The maximum atomic E-state index is 6.47. The Hall–Kier alpha value is -5.16. The number of aryl methyl sites for hydroxylation is 4. The third-order valence-corrected chi connectivity index (χ3v) is 8.16. The molecule has 0 saturated heterocycles. The van der Waals surface area contributed by atoms with E-state index in [9.17, 15) is 0 Å². The van der Waals surface area contributed by atoms with Crippen molar-refractivity contribution in [1.82, 2.24) is 19.3 Å². The van der Waals surface area contributed by atoms with E-state index in [0.717, 1.165) is 50.8 Å². The normalized spacial score (nSPS) is 11.5. The Balaban J connectivity index is 1.28. The van der Waals surface area contributed by atoms with Crippen molar-refractivity contribution < 1.29 is 4.74 Å². The molecule has 0 saturated carbocycles. The van der Waals surface area contributed by atoms with Crippen molar-refractivity contribution in [2.75, 3.05) is 0 Å². The number of pyridine rings is 1. The van der Waals surface area contributed by atoms with Gasteiger partial charge in [0.15, 0.2) is 0 Å². The molecule has 0 unspecified atom stereocenters. The summed E-state index contributed by atoms with van der Waals surface area (Å²) in [6.45, 7) is 10.6. The highest BCUT2D eigenvalue weighted by molar-refractivity contribution is 6.09. The summed E-state index contributed by atoms with van der Waals surface area (Å²) in [6.07, 6.45) is 1.86. The second kappa shape index (κ2) is 10.0. The van der Waals surface area contributed by atoms with E-state index in [2.05, 4.69) is 106 Å². The van der Waals surface area contributed by atoms with Crippen LogP contribution in [0.15, 0.2) is 103 Å². The van der Waals surface area contributed by atoms with Gasteiger partial charge < -0.3 is 4.74 Å². The topological polar surface area (TPSA) is 44.9 Å². The Bertz CT molecular complexity index is 2130.